The molecule has 88 valence electrons. The summed E-state index contributed by atoms with van der Waals surface area (Å²) >= 11 is 0. The number of hydrogen-bond donors (Lipinski definition) is 0. The van der Waals surface area contributed by atoms with Gasteiger partial charge in [-0.15, -0.1) is 0 Å². The van der Waals surface area contributed by atoms with E-state index in [1.807, 2.05) is 0 Å². The van der Waals surface area contributed by atoms with Crippen LogP contribution in [0.2, 0.25) is 0 Å². The third-order valence-corrected chi connectivity index (χ3v) is 2.72. The van der Waals surface area contributed by atoms with Gasteiger partial charge in [0.05, 0.1) is 12.7 Å². The van der Waals surface area contributed by atoms with E-state index in [-0.39, 0.29) is 6.29 Å². The van der Waals surface area contributed by atoms with Crippen molar-refractivity contribution in [2.75, 3.05) is 20.8 Å². The van der Waals surface area contributed by atoms with Crippen LogP contribution in [0.1, 0.15) is 26.2 Å². The fourth-order valence-corrected chi connectivity index (χ4v) is 1.82. The summed E-state index contributed by atoms with van der Waals surface area (Å²) < 4.78 is 15.9. The SMILES string of the molecule is CCC=CCCC(C1CO1)C(OC)OC. The van der Waals surface area contributed by atoms with Gasteiger partial charge >= 0.3 is 0 Å². The molecule has 1 rings (SSSR count). The van der Waals surface area contributed by atoms with Crippen LogP contribution in [0.15, 0.2) is 12.2 Å². The van der Waals surface area contributed by atoms with Gasteiger partial charge in [-0.3, -0.25) is 0 Å². The summed E-state index contributed by atoms with van der Waals surface area (Å²) in [6.45, 7) is 3.00. The maximum atomic E-state index is 5.33. The molecule has 1 saturated heterocycles. The van der Waals surface area contributed by atoms with Crippen molar-refractivity contribution < 1.29 is 14.2 Å². The fourth-order valence-electron chi connectivity index (χ4n) is 1.82. The van der Waals surface area contributed by atoms with E-state index in [1.165, 1.54) is 0 Å². The van der Waals surface area contributed by atoms with Gasteiger partial charge < -0.3 is 14.2 Å². The van der Waals surface area contributed by atoms with E-state index >= 15 is 0 Å². The first-order chi connectivity index (χ1) is 7.33. The molecule has 3 heteroatoms. The molecular weight excluding hydrogens is 192 g/mol. The smallest absolute Gasteiger partial charge is 0.162 e. The maximum absolute atomic E-state index is 5.33. The first-order valence-electron chi connectivity index (χ1n) is 5.65. The molecule has 0 aromatic rings. The highest BCUT2D eigenvalue weighted by Crippen LogP contribution is 2.29. The fraction of sp³-hybridized carbons (Fsp3) is 0.833. The van der Waals surface area contributed by atoms with E-state index < -0.39 is 0 Å². The van der Waals surface area contributed by atoms with Gasteiger partial charge in [-0.05, 0) is 19.3 Å². The Bertz CT molecular complexity index is 183. The molecule has 1 heterocycles. The molecule has 0 amide bonds. The molecule has 0 N–H and O–H groups in total. The first kappa shape index (κ1) is 12.7. The molecular formula is C12H22O3. The topological polar surface area (TPSA) is 31.0 Å². The highest BCUT2D eigenvalue weighted by Gasteiger charge is 2.37. The Hall–Kier alpha value is -0.380. The van der Waals surface area contributed by atoms with Crippen molar-refractivity contribution >= 4 is 0 Å². The second kappa shape index (κ2) is 6.99. The molecule has 0 aromatic heterocycles. The molecule has 0 saturated carbocycles. The van der Waals surface area contributed by atoms with Gasteiger partial charge in [0.25, 0.3) is 0 Å². The summed E-state index contributed by atoms with van der Waals surface area (Å²) in [5, 5.41) is 0. The molecule has 1 fully saturated rings. The third kappa shape index (κ3) is 4.33. The van der Waals surface area contributed by atoms with Crippen molar-refractivity contribution in [2.45, 2.75) is 38.6 Å². The van der Waals surface area contributed by atoms with Gasteiger partial charge in [0.1, 0.15) is 0 Å². The Labute approximate surface area is 92.4 Å². The Morgan fingerprint density at radius 3 is 2.47 bits per heavy atom. The van der Waals surface area contributed by atoms with Gasteiger partial charge in [-0.25, -0.2) is 0 Å². The summed E-state index contributed by atoms with van der Waals surface area (Å²) in [6, 6.07) is 0. The minimum atomic E-state index is -0.132. The van der Waals surface area contributed by atoms with E-state index in [1.54, 1.807) is 14.2 Å². The molecule has 2 atom stereocenters. The van der Waals surface area contributed by atoms with Crippen LogP contribution in [0, 0.1) is 5.92 Å². The predicted molar refractivity (Wildman–Crippen MR) is 59.7 cm³/mol. The number of rotatable bonds is 8. The number of methoxy groups -OCH3 is 2. The average Bonchev–Trinajstić information content (AvgIpc) is 3.07. The Balaban J connectivity index is 2.32. The predicted octanol–water partition coefficient (Wildman–Crippen LogP) is 2.37. The number of hydrogen-bond acceptors (Lipinski definition) is 3. The van der Waals surface area contributed by atoms with Crippen LogP contribution in [0.4, 0.5) is 0 Å². The molecule has 1 aliphatic heterocycles. The maximum Gasteiger partial charge on any atom is 0.162 e. The molecule has 2 unspecified atom stereocenters. The van der Waals surface area contributed by atoms with Crippen LogP contribution in [0.5, 0.6) is 0 Å². The van der Waals surface area contributed by atoms with Gasteiger partial charge in [0.15, 0.2) is 6.29 Å². The normalized spacial score (nSPS) is 22.5. The lowest BCUT2D eigenvalue weighted by Gasteiger charge is -2.22. The average molecular weight is 214 g/mol. The Kier molecular flexibility index (Phi) is 5.91. The minimum absolute atomic E-state index is 0.132. The van der Waals surface area contributed by atoms with Crippen molar-refractivity contribution in [2.24, 2.45) is 5.92 Å². The summed E-state index contributed by atoms with van der Waals surface area (Å²) in [6.07, 6.45) is 7.85. The monoisotopic (exact) mass is 214 g/mol. The number of allylic oxidation sites excluding steroid dienone is 2. The molecule has 15 heavy (non-hydrogen) atoms. The molecule has 0 spiro atoms. The summed E-state index contributed by atoms with van der Waals surface area (Å²) in [4.78, 5) is 0. The largest absolute Gasteiger partial charge is 0.373 e. The van der Waals surface area contributed by atoms with E-state index in [9.17, 15) is 0 Å². The van der Waals surface area contributed by atoms with Crippen molar-refractivity contribution in [1.29, 1.82) is 0 Å². The van der Waals surface area contributed by atoms with Crippen molar-refractivity contribution in [3.63, 3.8) is 0 Å². The lowest BCUT2D eigenvalue weighted by molar-refractivity contribution is -0.143. The zero-order valence-corrected chi connectivity index (χ0v) is 9.94. The Morgan fingerprint density at radius 2 is 2.00 bits per heavy atom. The summed E-state index contributed by atoms with van der Waals surface area (Å²) in [5.41, 5.74) is 0. The highest BCUT2D eigenvalue weighted by molar-refractivity contribution is 4.86. The van der Waals surface area contributed by atoms with Crippen molar-refractivity contribution in [3.8, 4) is 0 Å². The third-order valence-electron chi connectivity index (χ3n) is 2.72. The van der Waals surface area contributed by atoms with Crippen LogP contribution < -0.4 is 0 Å². The molecule has 0 bridgehead atoms. The first-order valence-corrected chi connectivity index (χ1v) is 5.65. The molecule has 1 aliphatic rings. The molecule has 0 radical (unpaired) electrons. The molecule has 0 aromatic carbocycles. The van der Waals surface area contributed by atoms with E-state index in [4.69, 9.17) is 14.2 Å². The van der Waals surface area contributed by atoms with Gasteiger partial charge in [0.2, 0.25) is 0 Å². The lowest BCUT2D eigenvalue weighted by Crippen LogP contribution is -2.29. The zero-order valence-electron chi connectivity index (χ0n) is 9.94. The lowest BCUT2D eigenvalue weighted by atomic mass is 9.98. The van der Waals surface area contributed by atoms with E-state index in [0.29, 0.717) is 12.0 Å². The zero-order chi connectivity index (χ0) is 11.1. The van der Waals surface area contributed by atoms with Crippen LogP contribution in [0.25, 0.3) is 0 Å². The second-order valence-electron chi connectivity index (χ2n) is 3.83. The second-order valence-corrected chi connectivity index (χ2v) is 3.83. The summed E-state index contributed by atoms with van der Waals surface area (Å²) in [5.74, 6) is 0.363. The van der Waals surface area contributed by atoms with Crippen LogP contribution in [0.3, 0.4) is 0 Å². The van der Waals surface area contributed by atoms with Crippen LogP contribution in [-0.2, 0) is 14.2 Å². The van der Waals surface area contributed by atoms with Crippen LogP contribution in [-0.4, -0.2) is 33.2 Å². The van der Waals surface area contributed by atoms with Gasteiger partial charge in [0, 0.05) is 20.1 Å². The standard InChI is InChI=1S/C12H22O3/c1-4-5-6-7-8-10(11-9-15-11)12(13-2)14-3/h5-6,10-12H,4,7-9H2,1-3H3. The minimum Gasteiger partial charge on any atom is -0.373 e. The van der Waals surface area contributed by atoms with Crippen molar-refractivity contribution in [3.05, 3.63) is 12.2 Å². The van der Waals surface area contributed by atoms with E-state index in [0.717, 1.165) is 25.9 Å². The molecule has 3 nitrogen and oxygen atoms in total. The van der Waals surface area contributed by atoms with Gasteiger partial charge in [-0.2, -0.15) is 0 Å². The van der Waals surface area contributed by atoms with Crippen molar-refractivity contribution in [1.82, 2.24) is 0 Å². The Morgan fingerprint density at radius 1 is 1.33 bits per heavy atom. The number of ether oxygens (including phenoxy) is 3. The van der Waals surface area contributed by atoms with Crippen LogP contribution >= 0.6 is 0 Å². The number of epoxide rings is 1. The summed E-state index contributed by atoms with van der Waals surface area (Å²) in [7, 11) is 3.37. The molecule has 0 aliphatic carbocycles. The highest BCUT2D eigenvalue weighted by atomic mass is 16.7. The quantitative estimate of drug-likeness (QED) is 0.353. The van der Waals surface area contributed by atoms with Gasteiger partial charge in [-0.1, -0.05) is 19.1 Å². The van der Waals surface area contributed by atoms with E-state index in [2.05, 4.69) is 19.1 Å².